The lowest BCUT2D eigenvalue weighted by atomic mass is 9.98. The van der Waals surface area contributed by atoms with Gasteiger partial charge in [-0.25, -0.2) is 0 Å². The molecular weight excluding hydrogens is 396 g/mol. The summed E-state index contributed by atoms with van der Waals surface area (Å²) in [6.07, 6.45) is 3.21. The first-order valence-electron chi connectivity index (χ1n) is 10.8. The van der Waals surface area contributed by atoms with E-state index in [2.05, 4.69) is 0 Å². The third-order valence-electron chi connectivity index (χ3n) is 5.58. The molecule has 2 amide bonds. The molecule has 1 aromatic carbocycles. The maximum absolute atomic E-state index is 13.1. The largest absolute Gasteiger partial charge is 0.469 e. The first-order valence-corrected chi connectivity index (χ1v) is 10.8. The van der Waals surface area contributed by atoms with Gasteiger partial charge in [0.25, 0.3) is 5.91 Å². The van der Waals surface area contributed by atoms with Crippen LogP contribution in [0.1, 0.15) is 47.9 Å². The quantitative estimate of drug-likeness (QED) is 0.604. The minimum atomic E-state index is -0.270. The van der Waals surface area contributed by atoms with Gasteiger partial charge in [0.2, 0.25) is 5.91 Å². The molecule has 0 radical (unpaired) electrons. The molecule has 3 rings (SSSR count). The molecule has 0 bridgehead atoms. The van der Waals surface area contributed by atoms with E-state index in [0.717, 1.165) is 18.4 Å². The predicted molar refractivity (Wildman–Crippen MR) is 115 cm³/mol. The van der Waals surface area contributed by atoms with Crippen molar-refractivity contribution < 1.29 is 23.5 Å². The van der Waals surface area contributed by atoms with Crippen molar-refractivity contribution in [2.24, 2.45) is 5.92 Å². The summed E-state index contributed by atoms with van der Waals surface area (Å²) in [5.74, 6) is -0.165. The molecule has 0 spiro atoms. The molecule has 1 fully saturated rings. The van der Waals surface area contributed by atoms with E-state index in [4.69, 9.17) is 9.15 Å². The number of rotatable bonds is 8. The number of carbonyl (C=O) groups is 3. The van der Waals surface area contributed by atoms with Gasteiger partial charge >= 0.3 is 5.97 Å². The second-order valence-corrected chi connectivity index (χ2v) is 7.78. The van der Waals surface area contributed by atoms with Crippen molar-refractivity contribution in [3.05, 3.63) is 59.5 Å². The van der Waals surface area contributed by atoms with E-state index < -0.39 is 0 Å². The van der Waals surface area contributed by atoms with E-state index in [1.807, 2.05) is 30.3 Å². The number of hydrogen-bond donors (Lipinski definition) is 0. The summed E-state index contributed by atoms with van der Waals surface area (Å²) in [4.78, 5) is 41.5. The SMILES string of the molecule is CCOC(=O)C1CCCN(C(=O)CCN(Cc2ccccc2)C(=O)c2ccoc2C)C1. The van der Waals surface area contributed by atoms with Gasteiger partial charge in [0, 0.05) is 32.6 Å². The fourth-order valence-electron chi connectivity index (χ4n) is 3.88. The number of ether oxygens (including phenoxy) is 1. The molecule has 0 aliphatic carbocycles. The first-order chi connectivity index (χ1) is 15.0. The number of nitrogens with zero attached hydrogens (tertiary/aromatic N) is 2. The van der Waals surface area contributed by atoms with Gasteiger partial charge in [-0.2, -0.15) is 0 Å². The molecular formula is C24H30N2O5. The second-order valence-electron chi connectivity index (χ2n) is 7.78. The minimum Gasteiger partial charge on any atom is -0.469 e. The topological polar surface area (TPSA) is 80.1 Å². The van der Waals surface area contributed by atoms with E-state index in [-0.39, 0.29) is 36.7 Å². The molecule has 7 nitrogen and oxygen atoms in total. The summed E-state index contributed by atoms with van der Waals surface area (Å²) in [5, 5.41) is 0. The van der Waals surface area contributed by atoms with Crippen LogP contribution < -0.4 is 0 Å². The van der Waals surface area contributed by atoms with E-state index >= 15 is 0 Å². The van der Waals surface area contributed by atoms with Gasteiger partial charge in [0.1, 0.15) is 5.76 Å². The number of carbonyl (C=O) groups excluding carboxylic acids is 3. The summed E-state index contributed by atoms with van der Waals surface area (Å²) in [6, 6.07) is 11.4. The first kappa shape index (κ1) is 22.6. The Hall–Kier alpha value is -3.09. The zero-order chi connectivity index (χ0) is 22.2. The lowest BCUT2D eigenvalue weighted by Gasteiger charge is -2.32. The van der Waals surface area contributed by atoms with Gasteiger partial charge in [0.05, 0.1) is 24.4 Å². The molecule has 31 heavy (non-hydrogen) atoms. The molecule has 2 aromatic rings. The molecule has 1 aromatic heterocycles. The summed E-state index contributed by atoms with van der Waals surface area (Å²) in [7, 11) is 0. The average molecular weight is 427 g/mol. The van der Waals surface area contributed by atoms with Crippen molar-refractivity contribution in [1.29, 1.82) is 0 Å². The van der Waals surface area contributed by atoms with Crippen molar-refractivity contribution in [2.75, 3.05) is 26.2 Å². The van der Waals surface area contributed by atoms with Crippen LogP contribution in [0.15, 0.2) is 47.1 Å². The zero-order valence-corrected chi connectivity index (χ0v) is 18.2. The highest BCUT2D eigenvalue weighted by Gasteiger charge is 2.30. The highest BCUT2D eigenvalue weighted by atomic mass is 16.5. The lowest BCUT2D eigenvalue weighted by molar-refractivity contribution is -0.151. The zero-order valence-electron chi connectivity index (χ0n) is 18.2. The molecule has 7 heteroatoms. The van der Waals surface area contributed by atoms with Crippen LogP contribution in [0.3, 0.4) is 0 Å². The van der Waals surface area contributed by atoms with E-state index in [1.54, 1.807) is 29.7 Å². The van der Waals surface area contributed by atoms with E-state index in [9.17, 15) is 14.4 Å². The number of likely N-dealkylation sites (tertiary alicyclic amines) is 1. The minimum absolute atomic E-state index is 0.0521. The number of piperidine rings is 1. The van der Waals surface area contributed by atoms with Gasteiger partial charge in [-0.1, -0.05) is 30.3 Å². The second kappa shape index (κ2) is 10.8. The summed E-state index contributed by atoms with van der Waals surface area (Å²) < 4.78 is 10.4. The highest BCUT2D eigenvalue weighted by molar-refractivity contribution is 5.95. The summed E-state index contributed by atoms with van der Waals surface area (Å²) >= 11 is 0. The smallest absolute Gasteiger partial charge is 0.310 e. The Morgan fingerprint density at radius 1 is 1.19 bits per heavy atom. The van der Waals surface area contributed by atoms with Gasteiger partial charge in [-0.3, -0.25) is 14.4 Å². The maximum Gasteiger partial charge on any atom is 0.310 e. The van der Waals surface area contributed by atoms with Crippen LogP contribution in [0.5, 0.6) is 0 Å². The van der Waals surface area contributed by atoms with Crippen LogP contribution in [0.4, 0.5) is 0 Å². The van der Waals surface area contributed by atoms with Crippen LogP contribution >= 0.6 is 0 Å². The Kier molecular flexibility index (Phi) is 7.87. The Balaban J connectivity index is 1.65. The molecule has 1 aliphatic heterocycles. The summed E-state index contributed by atoms with van der Waals surface area (Å²) in [6.45, 7) is 5.58. The molecule has 0 N–H and O–H groups in total. The fourth-order valence-corrected chi connectivity index (χ4v) is 3.88. The molecule has 1 aliphatic rings. The van der Waals surface area contributed by atoms with E-state index in [1.165, 1.54) is 6.26 Å². The number of furan rings is 1. The third kappa shape index (κ3) is 5.96. The van der Waals surface area contributed by atoms with Gasteiger partial charge in [-0.05, 0) is 38.3 Å². The average Bonchev–Trinajstić information content (AvgIpc) is 3.22. The van der Waals surface area contributed by atoms with Gasteiger partial charge in [0.15, 0.2) is 0 Å². The lowest BCUT2D eigenvalue weighted by Crippen LogP contribution is -2.44. The standard InChI is InChI=1S/C24H30N2O5/c1-3-30-24(29)20-10-7-13-25(17-20)22(27)11-14-26(16-19-8-5-4-6-9-19)23(28)21-12-15-31-18(21)2/h4-6,8-9,12,15,20H,3,7,10-11,13-14,16-17H2,1-2H3. The molecule has 1 saturated heterocycles. The van der Waals surface area contributed by atoms with Crippen molar-refractivity contribution in [3.8, 4) is 0 Å². The number of benzene rings is 1. The van der Waals surface area contributed by atoms with Gasteiger partial charge in [-0.15, -0.1) is 0 Å². The van der Waals surface area contributed by atoms with Crippen molar-refractivity contribution in [3.63, 3.8) is 0 Å². The fraction of sp³-hybridized carbons (Fsp3) is 0.458. The number of hydrogen-bond acceptors (Lipinski definition) is 5. The van der Waals surface area contributed by atoms with Crippen LogP contribution in [0.25, 0.3) is 0 Å². The van der Waals surface area contributed by atoms with Crippen molar-refractivity contribution >= 4 is 17.8 Å². The molecule has 2 heterocycles. The molecule has 1 unspecified atom stereocenters. The molecule has 166 valence electrons. The van der Waals surface area contributed by atoms with Crippen LogP contribution in [-0.4, -0.2) is 53.8 Å². The number of esters is 1. The van der Waals surface area contributed by atoms with Crippen LogP contribution in [0, 0.1) is 12.8 Å². The highest BCUT2D eigenvalue weighted by Crippen LogP contribution is 2.20. The van der Waals surface area contributed by atoms with Crippen LogP contribution in [-0.2, 0) is 20.9 Å². The predicted octanol–water partition coefficient (Wildman–Crippen LogP) is 3.42. The Morgan fingerprint density at radius 2 is 1.97 bits per heavy atom. The number of amides is 2. The van der Waals surface area contributed by atoms with Gasteiger partial charge < -0.3 is 19.0 Å². The van der Waals surface area contributed by atoms with Crippen LogP contribution in [0.2, 0.25) is 0 Å². The van der Waals surface area contributed by atoms with Crippen molar-refractivity contribution in [1.82, 2.24) is 9.80 Å². The molecule has 0 saturated carbocycles. The Bertz CT molecular complexity index is 892. The molecule has 1 atom stereocenters. The Labute approximate surface area is 183 Å². The number of aryl methyl sites for hydroxylation is 1. The van der Waals surface area contributed by atoms with E-state index in [0.29, 0.717) is 37.6 Å². The monoisotopic (exact) mass is 426 g/mol. The maximum atomic E-state index is 13.1. The normalized spacial score (nSPS) is 16.1. The summed E-state index contributed by atoms with van der Waals surface area (Å²) in [5.41, 5.74) is 1.49. The van der Waals surface area contributed by atoms with Crippen molar-refractivity contribution in [2.45, 2.75) is 39.7 Å². The Morgan fingerprint density at radius 3 is 2.65 bits per heavy atom. The third-order valence-corrected chi connectivity index (χ3v) is 5.58.